The van der Waals surface area contributed by atoms with Gasteiger partial charge in [0.25, 0.3) is 5.91 Å². The van der Waals surface area contributed by atoms with Crippen molar-refractivity contribution in [2.75, 3.05) is 34.7 Å². The number of hydrogen-bond donors (Lipinski definition) is 3. The normalized spacial score (nSPS) is 13.9. The number of ether oxygens (including phenoxy) is 1. The molecule has 1 aromatic heterocycles. The lowest BCUT2D eigenvalue weighted by atomic mass is 10.0. The number of sulfonamides is 1. The van der Waals surface area contributed by atoms with Crippen molar-refractivity contribution in [1.82, 2.24) is 9.88 Å². The first-order valence-corrected chi connectivity index (χ1v) is 15.5. The topological polar surface area (TPSA) is 113 Å². The van der Waals surface area contributed by atoms with Crippen molar-refractivity contribution in [2.24, 2.45) is 0 Å². The first-order chi connectivity index (χ1) is 20.6. The Balaban J connectivity index is 0.00000442. The molecule has 2 heterocycles. The van der Waals surface area contributed by atoms with Crippen LogP contribution in [0, 0.1) is 11.6 Å². The predicted molar refractivity (Wildman–Crippen MR) is 169 cm³/mol. The van der Waals surface area contributed by atoms with Crippen molar-refractivity contribution in [2.45, 2.75) is 25.4 Å². The highest BCUT2D eigenvalue weighted by Gasteiger charge is 2.20. The Morgan fingerprint density at radius 1 is 0.955 bits per heavy atom. The van der Waals surface area contributed by atoms with Crippen LogP contribution in [0.15, 0.2) is 85.1 Å². The van der Waals surface area contributed by atoms with Crippen LogP contribution in [0.25, 0.3) is 0 Å². The fourth-order valence-corrected chi connectivity index (χ4v) is 5.29. The van der Waals surface area contributed by atoms with Gasteiger partial charge in [0.05, 0.1) is 11.9 Å². The van der Waals surface area contributed by atoms with Crippen LogP contribution in [0.2, 0.25) is 0 Å². The third-order valence-corrected chi connectivity index (χ3v) is 7.48. The molecule has 0 saturated carbocycles. The van der Waals surface area contributed by atoms with Gasteiger partial charge in [-0.3, -0.25) is 14.4 Å². The number of aromatic nitrogens is 1. The summed E-state index contributed by atoms with van der Waals surface area (Å²) in [5, 5.41) is 5.98. The zero-order chi connectivity index (χ0) is 30.4. The number of amides is 1. The fraction of sp³-hybridized carbons (Fsp3) is 0.226. The highest BCUT2D eigenvalue weighted by molar-refractivity contribution is 7.92. The lowest BCUT2D eigenvalue weighted by Crippen LogP contribution is -2.38. The van der Waals surface area contributed by atoms with Gasteiger partial charge < -0.3 is 15.4 Å². The number of likely N-dealkylation sites (tertiary alicyclic amines) is 1. The molecule has 5 rings (SSSR count). The van der Waals surface area contributed by atoms with Crippen molar-refractivity contribution in [3.63, 3.8) is 0 Å². The smallest absolute Gasteiger partial charge is 0.255 e. The fourth-order valence-electron chi connectivity index (χ4n) is 4.72. The standard InChI is InChI=1S/C31H31F2N5O4S.ClH/c1-43(40,41)37-26-8-10-27(11-9-26)42-30-13-2-21(19-34-30)20-38-16-14-25(15-17-38)35-24-6-3-22(4-7-24)31(39)36-29-12-5-23(32)18-28(29)33;/h2-13,18-19,25,35,37H,14-17,20H2,1H3,(H,36,39);1H. The molecular formula is C31H32ClF2N5O4S. The van der Waals surface area contributed by atoms with E-state index in [-0.39, 0.29) is 24.1 Å². The number of halogens is 3. The van der Waals surface area contributed by atoms with E-state index in [0.717, 1.165) is 62.1 Å². The van der Waals surface area contributed by atoms with Gasteiger partial charge in [0.15, 0.2) is 0 Å². The van der Waals surface area contributed by atoms with Gasteiger partial charge >= 0.3 is 0 Å². The Morgan fingerprint density at radius 3 is 2.25 bits per heavy atom. The number of pyridine rings is 1. The third kappa shape index (κ3) is 9.37. The number of anilines is 3. The van der Waals surface area contributed by atoms with E-state index in [1.165, 1.54) is 6.07 Å². The summed E-state index contributed by atoms with van der Waals surface area (Å²) in [6.45, 7) is 2.59. The first kappa shape index (κ1) is 32.6. The maximum atomic E-state index is 13.8. The van der Waals surface area contributed by atoms with Gasteiger partial charge in [-0.05, 0) is 79.1 Å². The Bertz CT molecular complexity index is 1670. The van der Waals surface area contributed by atoms with Gasteiger partial charge in [0, 0.05) is 60.9 Å². The third-order valence-electron chi connectivity index (χ3n) is 6.87. The Hall–Kier alpha value is -4.26. The van der Waals surface area contributed by atoms with E-state index in [2.05, 4.69) is 25.2 Å². The first-order valence-electron chi connectivity index (χ1n) is 13.7. The second-order valence-corrected chi connectivity index (χ2v) is 12.1. The number of carbonyl (C=O) groups is 1. The van der Waals surface area contributed by atoms with Crippen LogP contribution in [-0.4, -0.2) is 49.6 Å². The maximum absolute atomic E-state index is 13.8. The van der Waals surface area contributed by atoms with Crippen molar-refractivity contribution in [3.05, 3.63) is 108 Å². The Kier molecular flexibility index (Phi) is 10.7. The summed E-state index contributed by atoms with van der Waals surface area (Å²) in [7, 11) is -3.34. The van der Waals surface area contributed by atoms with Crippen LogP contribution in [-0.2, 0) is 16.6 Å². The van der Waals surface area contributed by atoms with Gasteiger partial charge in [-0.1, -0.05) is 6.07 Å². The van der Waals surface area contributed by atoms with E-state index < -0.39 is 27.6 Å². The van der Waals surface area contributed by atoms with Crippen molar-refractivity contribution in [3.8, 4) is 11.6 Å². The number of rotatable bonds is 10. The quantitative estimate of drug-likeness (QED) is 0.187. The molecule has 0 spiro atoms. The van der Waals surface area contributed by atoms with Crippen molar-refractivity contribution in [1.29, 1.82) is 0 Å². The van der Waals surface area contributed by atoms with E-state index in [4.69, 9.17) is 4.74 Å². The lowest BCUT2D eigenvalue weighted by molar-refractivity contribution is 0.102. The SMILES string of the molecule is CS(=O)(=O)Nc1ccc(Oc2ccc(CN3CCC(Nc4ccc(C(=O)Nc5ccc(F)cc5F)cc4)CC3)cn2)cc1.Cl. The molecule has 3 N–H and O–H groups in total. The minimum atomic E-state index is -3.34. The molecule has 3 aromatic carbocycles. The summed E-state index contributed by atoms with van der Waals surface area (Å²) in [5.41, 5.74) is 2.71. The van der Waals surface area contributed by atoms with E-state index in [0.29, 0.717) is 22.9 Å². The average Bonchev–Trinajstić information content (AvgIpc) is 2.97. The highest BCUT2D eigenvalue weighted by atomic mass is 35.5. The second-order valence-electron chi connectivity index (χ2n) is 10.4. The van der Waals surface area contributed by atoms with Crippen LogP contribution < -0.4 is 20.1 Å². The predicted octanol–water partition coefficient (Wildman–Crippen LogP) is 6.27. The summed E-state index contributed by atoms with van der Waals surface area (Å²) in [4.78, 5) is 19.2. The number of piperidine rings is 1. The molecule has 0 atom stereocenters. The zero-order valence-corrected chi connectivity index (χ0v) is 25.4. The molecule has 4 aromatic rings. The molecule has 9 nitrogen and oxygen atoms in total. The van der Waals surface area contributed by atoms with Gasteiger partial charge in [-0.25, -0.2) is 22.2 Å². The largest absolute Gasteiger partial charge is 0.439 e. The number of nitrogens with one attached hydrogen (secondary N) is 3. The maximum Gasteiger partial charge on any atom is 0.255 e. The van der Waals surface area contributed by atoms with E-state index in [1.54, 1.807) is 42.6 Å². The number of nitrogens with zero attached hydrogens (tertiary/aromatic N) is 2. The average molecular weight is 644 g/mol. The van der Waals surface area contributed by atoms with E-state index in [1.807, 2.05) is 24.3 Å². The summed E-state index contributed by atoms with van der Waals surface area (Å²) in [5.74, 6) is -1.01. The second kappa shape index (κ2) is 14.5. The molecule has 1 fully saturated rings. The molecule has 0 aliphatic carbocycles. The summed E-state index contributed by atoms with van der Waals surface area (Å²) in [6.07, 6.45) is 4.79. The molecule has 44 heavy (non-hydrogen) atoms. The van der Waals surface area contributed by atoms with Crippen LogP contribution in [0.4, 0.5) is 25.8 Å². The van der Waals surface area contributed by atoms with Gasteiger partial charge in [0.1, 0.15) is 17.4 Å². The number of benzene rings is 3. The van der Waals surface area contributed by atoms with Crippen LogP contribution in [0.5, 0.6) is 11.6 Å². The summed E-state index contributed by atoms with van der Waals surface area (Å²) < 4.78 is 57.8. The number of carbonyl (C=O) groups excluding carboxylic acids is 1. The van der Waals surface area contributed by atoms with Crippen molar-refractivity contribution < 1.29 is 26.7 Å². The van der Waals surface area contributed by atoms with E-state index >= 15 is 0 Å². The summed E-state index contributed by atoms with van der Waals surface area (Å²) in [6, 6.07) is 20.6. The van der Waals surface area contributed by atoms with Crippen LogP contribution >= 0.6 is 12.4 Å². The minimum Gasteiger partial charge on any atom is -0.439 e. The Labute approximate surface area is 261 Å². The summed E-state index contributed by atoms with van der Waals surface area (Å²) >= 11 is 0. The van der Waals surface area contributed by atoms with E-state index in [9.17, 15) is 22.0 Å². The molecule has 0 radical (unpaired) electrons. The molecular weight excluding hydrogens is 612 g/mol. The molecule has 232 valence electrons. The van der Waals surface area contributed by atoms with Crippen molar-refractivity contribution >= 4 is 45.4 Å². The molecule has 1 saturated heterocycles. The monoisotopic (exact) mass is 643 g/mol. The molecule has 1 aliphatic heterocycles. The molecule has 13 heteroatoms. The number of hydrogen-bond acceptors (Lipinski definition) is 7. The zero-order valence-electron chi connectivity index (χ0n) is 23.8. The Morgan fingerprint density at radius 2 is 1.64 bits per heavy atom. The van der Waals surface area contributed by atoms with Crippen LogP contribution in [0.3, 0.4) is 0 Å². The van der Waals surface area contributed by atoms with Gasteiger partial charge in [-0.2, -0.15) is 0 Å². The van der Waals surface area contributed by atoms with Crippen LogP contribution in [0.1, 0.15) is 28.8 Å². The molecule has 1 amide bonds. The lowest BCUT2D eigenvalue weighted by Gasteiger charge is -2.32. The molecule has 0 bridgehead atoms. The molecule has 1 aliphatic rings. The minimum absolute atomic E-state index is 0. The van der Waals surface area contributed by atoms with Gasteiger partial charge in [-0.15, -0.1) is 12.4 Å². The highest BCUT2D eigenvalue weighted by Crippen LogP contribution is 2.24. The molecule has 0 unspecified atom stereocenters. The van der Waals surface area contributed by atoms with Gasteiger partial charge in [0.2, 0.25) is 15.9 Å².